The molecule has 23 heavy (non-hydrogen) atoms. The number of hydrogen-bond donors (Lipinski definition) is 1. The van der Waals surface area contributed by atoms with Crippen LogP contribution in [0, 0.1) is 25.2 Å². The molecule has 1 aromatic heterocycles. The van der Waals surface area contributed by atoms with Crippen LogP contribution in [0.15, 0.2) is 0 Å². The fourth-order valence-corrected chi connectivity index (χ4v) is 2.95. The molecule has 2 rings (SSSR count). The second-order valence-corrected chi connectivity index (χ2v) is 7.07. The number of aromatic nitrogens is 2. The number of anilines is 1. The van der Waals surface area contributed by atoms with Crippen molar-refractivity contribution in [2.75, 3.05) is 25.0 Å². The summed E-state index contributed by atoms with van der Waals surface area (Å²) in [4.78, 5) is 2.43. The number of nitrogens with zero attached hydrogens (tertiary/aromatic N) is 4. The summed E-state index contributed by atoms with van der Waals surface area (Å²) >= 11 is 0. The highest BCUT2D eigenvalue weighted by atomic mass is 16.5. The normalized spacial score (nSPS) is 22.7. The first kappa shape index (κ1) is 17.6. The number of rotatable bonds is 4. The smallest absolute Gasteiger partial charge is 0.166 e. The molecular formula is C17H27N5O. The van der Waals surface area contributed by atoms with Crippen LogP contribution in [-0.2, 0) is 4.74 Å². The van der Waals surface area contributed by atoms with E-state index < -0.39 is 0 Å². The quantitative estimate of drug-likeness (QED) is 0.918. The van der Waals surface area contributed by atoms with Crippen LogP contribution in [0.3, 0.4) is 0 Å². The highest BCUT2D eigenvalue weighted by Gasteiger charge is 2.33. The van der Waals surface area contributed by atoms with Crippen molar-refractivity contribution in [3.05, 3.63) is 16.8 Å². The van der Waals surface area contributed by atoms with Crippen molar-refractivity contribution in [1.29, 1.82) is 5.26 Å². The van der Waals surface area contributed by atoms with Gasteiger partial charge in [-0.25, -0.2) is 0 Å². The van der Waals surface area contributed by atoms with E-state index in [4.69, 9.17) is 4.74 Å². The molecule has 6 heteroatoms. The number of hydrogen-bond acceptors (Lipinski definition) is 6. The van der Waals surface area contributed by atoms with Crippen molar-refractivity contribution < 1.29 is 4.74 Å². The molecule has 0 spiro atoms. The topological polar surface area (TPSA) is 74.1 Å². The molecule has 2 heterocycles. The molecule has 0 aliphatic carbocycles. The Labute approximate surface area is 138 Å². The average Bonchev–Trinajstić information content (AvgIpc) is 2.47. The lowest BCUT2D eigenvalue weighted by Gasteiger charge is -2.45. The van der Waals surface area contributed by atoms with Crippen LogP contribution >= 0.6 is 0 Å². The Morgan fingerprint density at radius 3 is 2.43 bits per heavy atom. The number of morpholine rings is 1. The van der Waals surface area contributed by atoms with Gasteiger partial charge in [0, 0.05) is 25.2 Å². The van der Waals surface area contributed by atoms with Gasteiger partial charge in [-0.2, -0.15) is 10.4 Å². The molecule has 1 N–H and O–H groups in total. The van der Waals surface area contributed by atoms with E-state index in [-0.39, 0.29) is 17.7 Å². The first-order chi connectivity index (χ1) is 10.7. The second-order valence-electron chi connectivity index (χ2n) is 7.07. The first-order valence-electron chi connectivity index (χ1n) is 8.13. The van der Waals surface area contributed by atoms with Crippen LogP contribution in [0.4, 0.5) is 5.82 Å². The third kappa shape index (κ3) is 3.98. The Morgan fingerprint density at radius 2 is 1.87 bits per heavy atom. The molecule has 0 saturated carbocycles. The first-order valence-corrected chi connectivity index (χ1v) is 8.13. The predicted molar refractivity (Wildman–Crippen MR) is 90.4 cm³/mol. The monoisotopic (exact) mass is 317 g/mol. The van der Waals surface area contributed by atoms with Crippen LogP contribution in [0.5, 0.6) is 0 Å². The summed E-state index contributed by atoms with van der Waals surface area (Å²) in [6.45, 7) is 14.9. The number of aryl methyl sites for hydroxylation is 1. The van der Waals surface area contributed by atoms with Gasteiger partial charge < -0.3 is 10.1 Å². The Balaban J connectivity index is 2.11. The van der Waals surface area contributed by atoms with Gasteiger partial charge in [-0.05, 0) is 47.1 Å². The molecule has 126 valence electrons. The van der Waals surface area contributed by atoms with Gasteiger partial charge in [0.15, 0.2) is 5.82 Å². The Morgan fingerprint density at radius 1 is 1.26 bits per heavy atom. The zero-order valence-electron chi connectivity index (χ0n) is 15.0. The van der Waals surface area contributed by atoms with Crippen molar-refractivity contribution in [3.63, 3.8) is 0 Å². The molecule has 0 bridgehead atoms. The predicted octanol–water partition coefficient (Wildman–Crippen LogP) is 2.26. The highest BCUT2D eigenvalue weighted by Crippen LogP contribution is 2.23. The van der Waals surface area contributed by atoms with Crippen molar-refractivity contribution in [1.82, 2.24) is 15.1 Å². The number of ether oxygens (including phenoxy) is 1. The van der Waals surface area contributed by atoms with E-state index in [9.17, 15) is 5.26 Å². The second kappa shape index (κ2) is 6.81. The minimum Gasteiger partial charge on any atom is -0.373 e. The molecule has 0 radical (unpaired) electrons. The van der Waals surface area contributed by atoms with E-state index in [0.717, 1.165) is 24.3 Å². The summed E-state index contributed by atoms with van der Waals surface area (Å²) in [5.74, 6) is 0.568. The molecular weight excluding hydrogens is 290 g/mol. The molecule has 1 aliphatic rings. The van der Waals surface area contributed by atoms with Gasteiger partial charge in [-0.15, -0.1) is 5.10 Å². The maximum absolute atomic E-state index is 9.39. The Hall–Kier alpha value is -1.71. The zero-order chi connectivity index (χ0) is 17.2. The summed E-state index contributed by atoms with van der Waals surface area (Å²) in [5.41, 5.74) is 2.19. The van der Waals surface area contributed by atoms with E-state index in [0.29, 0.717) is 17.9 Å². The van der Waals surface area contributed by atoms with E-state index in [2.05, 4.69) is 54.2 Å². The summed E-state index contributed by atoms with van der Waals surface area (Å²) in [7, 11) is 0. The maximum atomic E-state index is 9.39. The van der Waals surface area contributed by atoms with Crippen molar-refractivity contribution >= 4 is 5.82 Å². The molecule has 1 saturated heterocycles. The van der Waals surface area contributed by atoms with Crippen molar-refractivity contribution in [3.8, 4) is 6.07 Å². The number of nitrogens with one attached hydrogen (secondary N) is 1. The van der Waals surface area contributed by atoms with Crippen LogP contribution in [0.2, 0.25) is 0 Å². The fourth-order valence-electron chi connectivity index (χ4n) is 2.95. The molecule has 0 aromatic carbocycles. The summed E-state index contributed by atoms with van der Waals surface area (Å²) in [5, 5.41) is 21.0. The highest BCUT2D eigenvalue weighted by molar-refractivity contribution is 5.55. The molecule has 1 aromatic rings. The largest absolute Gasteiger partial charge is 0.373 e. The van der Waals surface area contributed by atoms with Crippen LogP contribution in [-0.4, -0.2) is 52.5 Å². The minimum absolute atomic E-state index is 0.0699. The van der Waals surface area contributed by atoms with Crippen LogP contribution in [0.25, 0.3) is 0 Å². The van der Waals surface area contributed by atoms with Crippen LogP contribution < -0.4 is 5.32 Å². The summed E-state index contributed by atoms with van der Waals surface area (Å²) in [6, 6.07) is 2.24. The van der Waals surface area contributed by atoms with Gasteiger partial charge in [-0.3, -0.25) is 4.90 Å². The van der Waals surface area contributed by atoms with Crippen molar-refractivity contribution in [2.24, 2.45) is 0 Å². The van der Waals surface area contributed by atoms with Gasteiger partial charge in [-0.1, -0.05) is 0 Å². The lowest BCUT2D eigenvalue weighted by atomic mass is 10.00. The van der Waals surface area contributed by atoms with E-state index in [1.165, 1.54) is 0 Å². The van der Waals surface area contributed by atoms with Gasteiger partial charge in [0.25, 0.3) is 0 Å². The van der Waals surface area contributed by atoms with Gasteiger partial charge >= 0.3 is 0 Å². The molecule has 2 unspecified atom stereocenters. The Kier molecular flexibility index (Phi) is 5.23. The van der Waals surface area contributed by atoms with E-state index in [1.54, 1.807) is 0 Å². The number of nitriles is 1. The van der Waals surface area contributed by atoms with Gasteiger partial charge in [0.1, 0.15) is 11.6 Å². The van der Waals surface area contributed by atoms with Crippen LogP contribution in [0.1, 0.15) is 44.5 Å². The maximum Gasteiger partial charge on any atom is 0.166 e. The fraction of sp³-hybridized carbons (Fsp3) is 0.706. The lowest BCUT2D eigenvalue weighted by molar-refractivity contribution is -0.0933. The third-order valence-corrected chi connectivity index (χ3v) is 4.53. The SMILES string of the molecule is Cc1nnc(NCC(C)(C)N2CC(C)OC(C)C2)c(C#N)c1C. The molecule has 1 aliphatic heterocycles. The summed E-state index contributed by atoms with van der Waals surface area (Å²) in [6.07, 6.45) is 0.461. The van der Waals surface area contributed by atoms with Gasteiger partial charge in [0.2, 0.25) is 0 Å². The molecule has 0 amide bonds. The standard InChI is InChI=1S/C17H27N5O/c1-11-8-22(9-12(2)23-11)17(5,6)10-19-16-15(7-18)13(3)14(4)20-21-16/h11-12H,8-10H2,1-6H3,(H,19,21). The summed E-state index contributed by atoms with van der Waals surface area (Å²) < 4.78 is 5.81. The van der Waals surface area contributed by atoms with Gasteiger partial charge in [0.05, 0.1) is 17.9 Å². The molecule has 1 fully saturated rings. The Bertz CT molecular complexity index is 598. The zero-order valence-corrected chi connectivity index (χ0v) is 15.0. The molecule has 2 atom stereocenters. The third-order valence-electron chi connectivity index (χ3n) is 4.53. The lowest BCUT2D eigenvalue weighted by Crippen LogP contribution is -2.57. The van der Waals surface area contributed by atoms with E-state index >= 15 is 0 Å². The minimum atomic E-state index is -0.0699. The average molecular weight is 317 g/mol. The van der Waals surface area contributed by atoms with Crippen molar-refractivity contribution in [2.45, 2.75) is 59.3 Å². The molecule has 6 nitrogen and oxygen atoms in total. The van der Waals surface area contributed by atoms with E-state index in [1.807, 2.05) is 13.8 Å².